The van der Waals surface area contributed by atoms with Gasteiger partial charge in [-0.15, -0.1) is 0 Å². The van der Waals surface area contributed by atoms with E-state index >= 15 is 0 Å². The molecule has 6 atom stereocenters. The van der Waals surface area contributed by atoms with Gasteiger partial charge in [-0.3, -0.25) is 23.7 Å². The fourth-order valence-corrected chi connectivity index (χ4v) is 5.99. The summed E-state index contributed by atoms with van der Waals surface area (Å²) >= 11 is 0. The van der Waals surface area contributed by atoms with Gasteiger partial charge in [0.1, 0.15) is 30.1 Å². The van der Waals surface area contributed by atoms with Crippen LogP contribution in [-0.4, -0.2) is 57.1 Å². The molecule has 2 fully saturated rings. The van der Waals surface area contributed by atoms with Gasteiger partial charge in [-0.25, -0.2) is 9.36 Å². The number of para-hydroxylation sites is 1. The van der Waals surface area contributed by atoms with Crippen molar-refractivity contribution in [1.29, 1.82) is 0 Å². The maximum Gasteiger partial charge on any atom is 0.459 e. The van der Waals surface area contributed by atoms with Crippen LogP contribution in [0.2, 0.25) is 0 Å². The van der Waals surface area contributed by atoms with Gasteiger partial charge in [-0.05, 0) is 51.7 Å². The van der Waals surface area contributed by atoms with E-state index in [2.05, 4.69) is 10.1 Å². The monoisotopic (exact) mass is 552 g/mol. The van der Waals surface area contributed by atoms with E-state index in [1.807, 2.05) is 0 Å². The van der Waals surface area contributed by atoms with Gasteiger partial charge in [-0.1, -0.05) is 18.2 Å². The number of nitrogens with one attached hydrogen (secondary N) is 2. The lowest BCUT2D eigenvalue weighted by molar-refractivity contribution is -0.150. The minimum absolute atomic E-state index is 0.181. The summed E-state index contributed by atoms with van der Waals surface area (Å²) in [5, 5.41) is 13.5. The second-order valence-corrected chi connectivity index (χ2v) is 11.4. The summed E-state index contributed by atoms with van der Waals surface area (Å²) < 4.78 is 37.4. The molecule has 2 aromatic rings. The molecule has 2 aliphatic rings. The molecule has 5 N–H and O–H groups in total. The molecule has 1 aliphatic heterocycles. The zero-order chi connectivity index (χ0) is 27.5. The number of nitrogens with two attached hydrogens (primary N) is 1. The number of hydrogen-bond donors (Lipinski definition) is 4. The third-order valence-corrected chi connectivity index (χ3v) is 8.24. The van der Waals surface area contributed by atoms with Gasteiger partial charge in [0, 0.05) is 12.3 Å². The minimum atomic E-state index is -4.22. The molecular weight excluding hydrogens is 519 g/mol. The highest BCUT2D eigenvalue weighted by Crippen LogP contribution is 2.46. The zero-order valence-corrected chi connectivity index (χ0v) is 22.0. The van der Waals surface area contributed by atoms with E-state index in [9.17, 15) is 24.1 Å². The molecule has 2 unspecified atom stereocenters. The summed E-state index contributed by atoms with van der Waals surface area (Å²) in [4.78, 5) is 38.5. The first-order chi connectivity index (χ1) is 18.0. The first kappa shape index (κ1) is 28.2. The fraction of sp³-hybridized carbons (Fsp3) is 0.542. The highest BCUT2D eigenvalue weighted by atomic mass is 31.2. The van der Waals surface area contributed by atoms with Gasteiger partial charge >= 0.3 is 19.4 Å². The summed E-state index contributed by atoms with van der Waals surface area (Å²) in [5.74, 6) is -0.379. The molecule has 38 heavy (non-hydrogen) atoms. The van der Waals surface area contributed by atoms with Crippen LogP contribution < -0.4 is 26.6 Å². The van der Waals surface area contributed by atoms with Crippen LogP contribution in [0.1, 0.15) is 45.8 Å². The molecule has 208 valence electrons. The molecule has 2 heterocycles. The van der Waals surface area contributed by atoms with Crippen LogP contribution in [0.15, 0.2) is 52.2 Å². The van der Waals surface area contributed by atoms with Crippen molar-refractivity contribution in [2.75, 3.05) is 6.61 Å². The Morgan fingerprint density at radius 2 is 1.97 bits per heavy atom. The number of esters is 1. The topological polar surface area (TPSA) is 184 Å². The average Bonchev–Trinajstić information content (AvgIpc) is 3.45. The number of carbonyl (C=O) groups excluding carboxylic acids is 1. The number of H-pyrrole nitrogens is 1. The van der Waals surface area contributed by atoms with E-state index in [0.717, 1.165) is 36.3 Å². The Bertz CT molecular complexity index is 1280. The van der Waals surface area contributed by atoms with Crippen LogP contribution in [0.4, 0.5) is 0 Å². The highest BCUT2D eigenvalue weighted by Gasteiger charge is 2.52. The number of rotatable bonds is 10. The molecule has 0 spiro atoms. The van der Waals surface area contributed by atoms with Crippen LogP contribution in [0.3, 0.4) is 0 Å². The van der Waals surface area contributed by atoms with Gasteiger partial charge in [0.05, 0.1) is 12.1 Å². The molecule has 1 aromatic heterocycles. The average molecular weight is 553 g/mol. The Morgan fingerprint density at radius 3 is 2.63 bits per heavy atom. The van der Waals surface area contributed by atoms with E-state index in [0.29, 0.717) is 0 Å². The normalized spacial score (nSPS) is 28.1. The summed E-state index contributed by atoms with van der Waals surface area (Å²) in [6.07, 6.45) is 0.879. The molecule has 14 heteroatoms. The molecule has 1 aromatic carbocycles. The second-order valence-electron chi connectivity index (χ2n) is 9.75. The Labute approximate surface area is 218 Å². The number of nitrogens with zero attached hydrogens (tertiary/aromatic N) is 1. The fourth-order valence-electron chi connectivity index (χ4n) is 4.48. The maximum absolute atomic E-state index is 13.8. The van der Waals surface area contributed by atoms with E-state index < -0.39 is 61.6 Å². The second kappa shape index (κ2) is 11.5. The van der Waals surface area contributed by atoms with Gasteiger partial charge in [0.15, 0.2) is 6.23 Å². The summed E-state index contributed by atoms with van der Waals surface area (Å²) in [5.41, 5.74) is 3.44. The van der Waals surface area contributed by atoms with Crippen LogP contribution >= 0.6 is 7.75 Å². The predicted molar refractivity (Wildman–Crippen MR) is 135 cm³/mol. The van der Waals surface area contributed by atoms with Gasteiger partial charge < -0.3 is 24.8 Å². The summed E-state index contributed by atoms with van der Waals surface area (Å²) in [6.45, 7) is 2.49. The molecule has 4 rings (SSSR count). The summed E-state index contributed by atoms with van der Waals surface area (Å²) in [6, 6.07) is 8.31. The lowest BCUT2D eigenvalue weighted by Crippen LogP contribution is -2.53. The van der Waals surface area contributed by atoms with Gasteiger partial charge in [-0.2, -0.15) is 5.09 Å². The van der Waals surface area contributed by atoms with Crippen molar-refractivity contribution in [3.63, 3.8) is 0 Å². The van der Waals surface area contributed by atoms with E-state index in [1.165, 1.54) is 20.0 Å². The quantitative estimate of drug-likeness (QED) is 0.245. The molecule has 13 nitrogen and oxygen atoms in total. The van der Waals surface area contributed by atoms with Crippen LogP contribution in [0.25, 0.3) is 0 Å². The van der Waals surface area contributed by atoms with E-state index in [-0.39, 0.29) is 11.9 Å². The maximum atomic E-state index is 13.8. The first-order valence-electron chi connectivity index (χ1n) is 12.4. The number of benzene rings is 1. The number of hydrogen-bond acceptors (Lipinski definition) is 10. The Balaban J connectivity index is 1.49. The Morgan fingerprint density at radius 1 is 1.29 bits per heavy atom. The number of aliphatic hydroxyl groups is 1. The van der Waals surface area contributed by atoms with Gasteiger partial charge in [0.2, 0.25) is 0 Å². The van der Waals surface area contributed by atoms with E-state index in [4.69, 9.17) is 24.3 Å². The van der Waals surface area contributed by atoms with Crippen molar-refractivity contribution < 1.29 is 33.0 Å². The van der Waals surface area contributed by atoms with Crippen LogP contribution in [-0.2, 0) is 23.4 Å². The van der Waals surface area contributed by atoms with Crippen LogP contribution in [0.5, 0.6) is 5.75 Å². The van der Waals surface area contributed by atoms with Gasteiger partial charge in [0.25, 0.3) is 5.56 Å². The predicted octanol–water partition coefficient (Wildman–Crippen LogP) is 1.18. The molecule has 1 aliphatic carbocycles. The molecular formula is C24H33N4O9P. The molecule has 0 bridgehead atoms. The minimum Gasteiger partial charge on any atom is -0.461 e. The molecule has 1 saturated heterocycles. The van der Waals surface area contributed by atoms with Crippen LogP contribution in [0, 0.1) is 0 Å². The number of aromatic nitrogens is 2. The summed E-state index contributed by atoms with van der Waals surface area (Å²) in [7, 11) is -4.22. The standard InChI is InChI=1S/C24H33N4O9P/c1-15(21(31)35-16-8-6-7-9-16)27-38(33,37-17-10-4-3-5-11-17)34-14-18-20(30)24(2,25)22(36-18)28-13-12-19(29)26-23(28)32/h3-5,10-13,15-16,18,20,22,30H,6-9,14,25H2,1-2H3,(H,27,33)(H,26,29,32)/t15?,18-,20-,22-,24-,38?/m1/s1. The molecule has 0 radical (unpaired) electrons. The number of ether oxygens (including phenoxy) is 2. The lowest BCUT2D eigenvalue weighted by atomic mass is 9.93. The largest absolute Gasteiger partial charge is 0.461 e. The van der Waals surface area contributed by atoms with Crippen molar-refractivity contribution in [2.45, 2.75) is 75.7 Å². The third-order valence-electron chi connectivity index (χ3n) is 6.60. The number of aliphatic hydroxyl groups excluding tert-OH is 1. The van der Waals surface area contributed by atoms with Crippen molar-refractivity contribution in [2.24, 2.45) is 5.73 Å². The van der Waals surface area contributed by atoms with Crippen molar-refractivity contribution in [1.82, 2.24) is 14.6 Å². The smallest absolute Gasteiger partial charge is 0.459 e. The van der Waals surface area contributed by atoms with Crippen molar-refractivity contribution in [3.8, 4) is 5.75 Å². The van der Waals surface area contributed by atoms with Crippen molar-refractivity contribution in [3.05, 3.63) is 63.4 Å². The molecule has 0 amide bonds. The SMILES string of the molecule is CC(NP(=O)(OC[C@H]1O[C@@H](n2ccc(=O)[nH]c2=O)[C@](C)(N)[C@@H]1O)Oc1ccccc1)C(=O)OC1CCCC1. The van der Waals surface area contributed by atoms with Crippen molar-refractivity contribution >= 4 is 13.7 Å². The third kappa shape index (κ3) is 6.42. The lowest BCUT2D eigenvalue weighted by Gasteiger charge is -2.28. The Kier molecular flexibility index (Phi) is 8.55. The first-order valence-corrected chi connectivity index (χ1v) is 13.9. The van der Waals surface area contributed by atoms with E-state index in [1.54, 1.807) is 30.3 Å². The number of aromatic amines is 1. The molecule has 1 saturated carbocycles. The highest BCUT2D eigenvalue weighted by molar-refractivity contribution is 7.52. The zero-order valence-electron chi connectivity index (χ0n) is 21.1. The number of carbonyl (C=O) groups is 1. The Hall–Kier alpha value is -2.80.